The van der Waals surface area contributed by atoms with Crippen LogP contribution in [0.15, 0.2) is 30.7 Å². The number of rotatable bonds is 4. The molecule has 5 heteroatoms. The van der Waals surface area contributed by atoms with Crippen LogP contribution >= 0.6 is 0 Å². The van der Waals surface area contributed by atoms with Gasteiger partial charge >= 0.3 is 0 Å². The fourth-order valence-electron chi connectivity index (χ4n) is 3.31. The van der Waals surface area contributed by atoms with E-state index in [9.17, 15) is 4.79 Å². The van der Waals surface area contributed by atoms with E-state index in [1.165, 1.54) is 5.69 Å². The Morgan fingerprint density at radius 1 is 1.23 bits per heavy atom. The highest BCUT2D eigenvalue weighted by Gasteiger charge is 2.25. The molecule has 2 aromatic heterocycles. The summed E-state index contributed by atoms with van der Waals surface area (Å²) in [6.07, 6.45) is 9.33. The molecule has 0 spiro atoms. The van der Waals surface area contributed by atoms with Gasteiger partial charge in [0.15, 0.2) is 0 Å². The number of aryl methyl sites for hydroxylation is 3. The zero-order valence-corrected chi connectivity index (χ0v) is 13.4. The van der Waals surface area contributed by atoms with Crippen LogP contribution in [0.2, 0.25) is 0 Å². The van der Waals surface area contributed by atoms with E-state index in [-0.39, 0.29) is 5.91 Å². The molecule has 2 aromatic rings. The van der Waals surface area contributed by atoms with Gasteiger partial charge in [-0.25, -0.2) is 4.98 Å². The van der Waals surface area contributed by atoms with Gasteiger partial charge < -0.3 is 14.0 Å². The summed E-state index contributed by atoms with van der Waals surface area (Å²) in [5.74, 6) is 1.91. The Morgan fingerprint density at radius 3 is 2.59 bits per heavy atom. The molecule has 0 radical (unpaired) electrons. The fourth-order valence-corrected chi connectivity index (χ4v) is 3.31. The monoisotopic (exact) mass is 300 g/mol. The van der Waals surface area contributed by atoms with Gasteiger partial charge in [-0.05, 0) is 31.4 Å². The molecule has 0 bridgehead atoms. The van der Waals surface area contributed by atoms with Gasteiger partial charge in [-0.15, -0.1) is 0 Å². The minimum Gasteiger partial charge on any atom is -0.354 e. The summed E-state index contributed by atoms with van der Waals surface area (Å²) in [6, 6.07) is 4.11. The highest BCUT2D eigenvalue weighted by Crippen LogP contribution is 2.26. The number of hydrogen-bond donors (Lipinski definition) is 0. The average molecular weight is 300 g/mol. The summed E-state index contributed by atoms with van der Waals surface area (Å²) in [5, 5.41) is 0. The van der Waals surface area contributed by atoms with Crippen LogP contribution in [0.1, 0.15) is 36.7 Å². The standard InChI is InChI=1S/C17H24N4O/c1-19-10-3-4-15(19)5-6-16(22)21-11-7-14(8-12-21)17-18-9-13-20(17)2/h3-4,9-10,13-14H,5-8,11-12H2,1-2H3. The zero-order chi connectivity index (χ0) is 15.5. The molecule has 0 aromatic carbocycles. The van der Waals surface area contributed by atoms with Crippen molar-refractivity contribution >= 4 is 5.91 Å². The summed E-state index contributed by atoms with van der Waals surface area (Å²) in [4.78, 5) is 18.8. The summed E-state index contributed by atoms with van der Waals surface area (Å²) in [6.45, 7) is 1.70. The van der Waals surface area contributed by atoms with E-state index in [4.69, 9.17) is 0 Å². The Labute approximate surface area is 131 Å². The lowest BCUT2D eigenvalue weighted by Crippen LogP contribution is -2.38. The van der Waals surface area contributed by atoms with Gasteiger partial charge in [0.25, 0.3) is 0 Å². The molecule has 1 fully saturated rings. The molecule has 0 aliphatic carbocycles. The zero-order valence-electron chi connectivity index (χ0n) is 13.4. The molecule has 118 valence electrons. The summed E-state index contributed by atoms with van der Waals surface area (Å²) in [7, 11) is 4.07. The van der Waals surface area contributed by atoms with Crippen molar-refractivity contribution in [1.82, 2.24) is 19.0 Å². The number of imidazole rings is 1. The predicted octanol–water partition coefficient (Wildman–Crippen LogP) is 2.10. The van der Waals surface area contributed by atoms with Crippen molar-refractivity contribution in [3.05, 3.63) is 42.2 Å². The summed E-state index contributed by atoms with van der Waals surface area (Å²) in [5.41, 5.74) is 1.22. The maximum Gasteiger partial charge on any atom is 0.222 e. The van der Waals surface area contributed by atoms with Gasteiger partial charge in [0, 0.05) is 63.8 Å². The van der Waals surface area contributed by atoms with Crippen LogP contribution in [0, 0.1) is 0 Å². The lowest BCUT2D eigenvalue weighted by atomic mass is 9.95. The molecule has 22 heavy (non-hydrogen) atoms. The third-order valence-corrected chi connectivity index (χ3v) is 4.72. The van der Waals surface area contributed by atoms with Crippen LogP contribution in [-0.4, -0.2) is 38.0 Å². The van der Waals surface area contributed by atoms with E-state index in [1.54, 1.807) is 0 Å². The van der Waals surface area contributed by atoms with Gasteiger partial charge in [0.1, 0.15) is 5.82 Å². The van der Waals surface area contributed by atoms with Crippen molar-refractivity contribution in [2.75, 3.05) is 13.1 Å². The Kier molecular flexibility index (Phi) is 4.32. The Bertz CT molecular complexity index is 635. The molecule has 1 aliphatic rings. The van der Waals surface area contributed by atoms with Crippen LogP contribution < -0.4 is 0 Å². The molecule has 3 heterocycles. The van der Waals surface area contributed by atoms with Crippen molar-refractivity contribution in [1.29, 1.82) is 0 Å². The maximum absolute atomic E-state index is 12.4. The largest absolute Gasteiger partial charge is 0.354 e. The fraction of sp³-hybridized carbons (Fsp3) is 0.529. The third kappa shape index (κ3) is 3.08. The van der Waals surface area contributed by atoms with Crippen LogP contribution in [0.5, 0.6) is 0 Å². The minimum absolute atomic E-state index is 0.277. The van der Waals surface area contributed by atoms with E-state index < -0.39 is 0 Å². The van der Waals surface area contributed by atoms with Crippen molar-refractivity contribution in [3.63, 3.8) is 0 Å². The molecule has 3 rings (SSSR count). The molecular formula is C17H24N4O. The van der Waals surface area contributed by atoms with Gasteiger partial charge in [0.2, 0.25) is 5.91 Å². The van der Waals surface area contributed by atoms with Crippen LogP contribution in [0.4, 0.5) is 0 Å². The lowest BCUT2D eigenvalue weighted by Gasteiger charge is -2.31. The molecule has 0 saturated carbocycles. The van der Waals surface area contributed by atoms with E-state index in [0.29, 0.717) is 12.3 Å². The molecule has 0 N–H and O–H groups in total. The maximum atomic E-state index is 12.4. The Hall–Kier alpha value is -2.04. The average Bonchev–Trinajstić information content (AvgIpc) is 3.13. The number of carbonyl (C=O) groups is 1. The van der Waals surface area contributed by atoms with Crippen molar-refractivity contribution in [2.24, 2.45) is 14.1 Å². The van der Waals surface area contributed by atoms with Crippen molar-refractivity contribution in [3.8, 4) is 0 Å². The molecule has 1 amide bonds. The normalized spacial score (nSPS) is 16.2. The number of nitrogens with zero attached hydrogens (tertiary/aromatic N) is 4. The van der Waals surface area contributed by atoms with Crippen molar-refractivity contribution < 1.29 is 4.79 Å². The number of likely N-dealkylation sites (tertiary alicyclic amines) is 1. The van der Waals surface area contributed by atoms with Crippen LogP contribution in [0.25, 0.3) is 0 Å². The van der Waals surface area contributed by atoms with Gasteiger partial charge in [-0.2, -0.15) is 0 Å². The van der Waals surface area contributed by atoms with Gasteiger partial charge in [0.05, 0.1) is 0 Å². The summed E-state index contributed by atoms with van der Waals surface area (Å²) < 4.78 is 4.18. The minimum atomic E-state index is 0.277. The number of carbonyl (C=O) groups excluding carboxylic acids is 1. The SMILES string of the molecule is Cn1cccc1CCC(=O)N1CCC(c2nccn2C)CC1. The second kappa shape index (κ2) is 6.38. The van der Waals surface area contributed by atoms with Crippen LogP contribution in [0.3, 0.4) is 0 Å². The van der Waals surface area contributed by atoms with E-state index in [1.807, 2.05) is 43.7 Å². The summed E-state index contributed by atoms with van der Waals surface area (Å²) >= 11 is 0. The second-order valence-electron chi connectivity index (χ2n) is 6.16. The quantitative estimate of drug-likeness (QED) is 0.868. The first-order valence-corrected chi connectivity index (χ1v) is 8.00. The molecule has 0 unspecified atom stereocenters. The molecule has 5 nitrogen and oxygen atoms in total. The van der Waals surface area contributed by atoms with E-state index in [2.05, 4.69) is 20.2 Å². The first-order chi connectivity index (χ1) is 10.6. The number of hydrogen-bond acceptors (Lipinski definition) is 2. The van der Waals surface area contributed by atoms with Gasteiger partial charge in [-0.1, -0.05) is 0 Å². The number of amides is 1. The highest BCUT2D eigenvalue weighted by molar-refractivity contribution is 5.76. The number of piperidine rings is 1. The molecule has 0 atom stereocenters. The molecular weight excluding hydrogens is 276 g/mol. The first-order valence-electron chi connectivity index (χ1n) is 8.00. The predicted molar refractivity (Wildman–Crippen MR) is 85.5 cm³/mol. The lowest BCUT2D eigenvalue weighted by molar-refractivity contribution is -0.132. The van der Waals surface area contributed by atoms with Gasteiger partial charge in [-0.3, -0.25) is 4.79 Å². The van der Waals surface area contributed by atoms with Crippen LogP contribution in [-0.2, 0) is 25.3 Å². The first kappa shape index (κ1) is 14.9. The van der Waals surface area contributed by atoms with E-state index >= 15 is 0 Å². The number of aromatic nitrogens is 3. The Balaban J connectivity index is 1.50. The highest BCUT2D eigenvalue weighted by atomic mass is 16.2. The Morgan fingerprint density at radius 2 is 2.00 bits per heavy atom. The third-order valence-electron chi connectivity index (χ3n) is 4.72. The second-order valence-corrected chi connectivity index (χ2v) is 6.16. The van der Waals surface area contributed by atoms with Crippen molar-refractivity contribution in [2.45, 2.75) is 31.6 Å². The molecule has 1 aliphatic heterocycles. The molecule has 1 saturated heterocycles. The topological polar surface area (TPSA) is 43.1 Å². The van der Waals surface area contributed by atoms with E-state index in [0.717, 1.165) is 38.2 Å². The smallest absolute Gasteiger partial charge is 0.222 e.